The molecule has 0 unspecified atom stereocenters. The van der Waals surface area contributed by atoms with E-state index in [2.05, 4.69) is 5.10 Å². The lowest BCUT2D eigenvalue weighted by Crippen LogP contribution is -2.10. The van der Waals surface area contributed by atoms with Gasteiger partial charge in [-0.1, -0.05) is 13.8 Å². The Morgan fingerprint density at radius 3 is 2.79 bits per heavy atom. The third kappa shape index (κ3) is 2.36. The predicted octanol–water partition coefficient (Wildman–Crippen LogP) is 1.99. The molecule has 0 aliphatic heterocycles. The van der Waals surface area contributed by atoms with Crippen LogP contribution in [0.2, 0.25) is 0 Å². The average Bonchev–Trinajstić information content (AvgIpc) is 2.76. The van der Waals surface area contributed by atoms with Crippen molar-refractivity contribution in [3.63, 3.8) is 0 Å². The van der Waals surface area contributed by atoms with Crippen molar-refractivity contribution < 1.29 is 14.3 Å². The molecule has 2 rings (SSSR count). The molecule has 0 aliphatic rings. The third-order valence-electron chi connectivity index (χ3n) is 2.93. The minimum absolute atomic E-state index is 0.00492. The SMILES string of the molecule is COc1ccc2c(C(=O)C(C)C)nn(C[C]=O)c2c1. The van der Waals surface area contributed by atoms with Gasteiger partial charge in [0.1, 0.15) is 18.0 Å². The number of methoxy groups -OCH3 is 1. The minimum atomic E-state index is -0.145. The molecule has 5 heteroatoms. The van der Waals surface area contributed by atoms with Gasteiger partial charge in [0.15, 0.2) is 5.78 Å². The van der Waals surface area contributed by atoms with Crippen molar-refractivity contribution in [2.45, 2.75) is 20.4 Å². The van der Waals surface area contributed by atoms with E-state index in [9.17, 15) is 9.59 Å². The lowest BCUT2D eigenvalue weighted by molar-refractivity contribution is 0.0935. The first kappa shape index (κ1) is 13.3. The molecule has 1 heterocycles. The highest BCUT2D eigenvalue weighted by Crippen LogP contribution is 2.25. The largest absolute Gasteiger partial charge is 0.497 e. The Kier molecular flexibility index (Phi) is 3.64. The van der Waals surface area contributed by atoms with Gasteiger partial charge in [-0.3, -0.25) is 14.3 Å². The number of carbonyl (C=O) groups is 1. The molecule has 99 valence electrons. The molecule has 0 amide bonds. The summed E-state index contributed by atoms with van der Waals surface area (Å²) in [5.74, 6) is 0.469. The van der Waals surface area contributed by atoms with Crippen LogP contribution in [0, 0.1) is 5.92 Å². The minimum Gasteiger partial charge on any atom is -0.497 e. The Labute approximate surface area is 111 Å². The Hall–Kier alpha value is -2.17. The van der Waals surface area contributed by atoms with Crippen LogP contribution in [-0.2, 0) is 11.3 Å². The summed E-state index contributed by atoms with van der Waals surface area (Å²) >= 11 is 0. The fourth-order valence-electron chi connectivity index (χ4n) is 1.92. The molecule has 0 saturated carbocycles. The maximum Gasteiger partial charge on any atom is 0.221 e. The van der Waals surface area contributed by atoms with Crippen LogP contribution in [-0.4, -0.2) is 29.0 Å². The summed E-state index contributed by atoms with van der Waals surface area (Å²) in [6.07, 6.45) is 1.79. The van der Waals surface area contributed by atoms with Gasteiger partial charge in [-0.05, 0) is 12.1 Å². The van der Waals surface area contributed by atoms with Crippen LogP contribution in [0.25, 0.3) is 10.9 Å². The smallest absolute Gasteiger partial charge is 0.221 e. The molecule has 0 atom stereocenters. The number of Topliss-reactive ketones (excluding diaryl/α,β-unsaturated/α-hetero) is 1. The van der Waals surface area contributed by atoms with Crippen molar-refractivity contribution in [2.75, 3.05) is 7.11 Å². The van der Waals surface area contributed by atoms with Gasteiger partial charge in [-0.25, -0.2) is 0 Å². The monoisotopic (exact) mass is 259 g/mol. The van der Waals surface area contributed by atoms with Gasteiger partial charge >= 0.3 is 0 Å². The number of hydrogen-bond donors (Lipinski definition) is 0. The predicted molar refractivity (Wildman–Crippen MR) is 71.1 cm³/mol. The summed E-state index contributed by atoms with van der Waals surface area (Å²) in [6, 6.07) is 5.32. The molecule has 0 fully saturated rings. The van der Waals surface area contributed by atoms with Gasteiger partial charge < -0.3 is 4.74 Å². The van der Waals surface area contributed by atoms with E-state index in [0.717, 1.165) is 5.39 Å². The van der Waals surface area contributed by atoms with Crippen molar-refractivity contribution in [3.8, 4) is 5.75 Å². The number of hydrogen-bond acceptors (Lipinski definition) is 4. The zero-order valence-electron chi connectivity index (χ0n) is 11.1. The topological polar surface area (TPSA) is 61.2 Å². The van der Waals surface area contributed by atoms with Gasteiger partial charge in [0.25, 0.3) is 0 Å². The summed E-state index contributed by atoms with van der Waals surface area (Å²) < 4.78 is 6.62. The number of nitrogens with zero attached hydrogens (tertiary/aromatic N) is 2. The van der Waals surface area contributed by atoms with Crippen LogP contribution in [0.5, 0.6) is 5.75 Å². The molecule has 0 spiro atoms. The summed E-state index contributed by atoms with van der Waals surface area (Å²) in [7, 11) is 1.56. The van der Waals surface area contributed by atoms with Crippen LogP contribution in [0.1, 0.15) is 24.3 Å². The van der Waals surface area contributed by atoms with Crippen molar-refractivity contribution in [1.29, 1.82) is 0 Å². The molecule has 5 nitrogen and oxygen atoms in total. The van der Waals surface area contributed by atoms with Crippen molar-refractivity contribution >= 4 is 23.0 Å². The number of ketones is 1. The quantitative estimate of drug-likeness (QED) is 0.770. The number of rotatable bonds is 5. The molecule has 19 heavy (non-hydrogen) atoms. The zero-order chi connectivity index (χ0) is 14.0. The second-order valence-electron chi connectivity index (χ2n) is 4.55. The van der Waals surface area contributed by atoms with Crippen molar-refractivity contribution in [1.82, 2.24) is 9.78 Å². The molecule has 1 radical (unpaired) electrons. The fourth-order valence-corrected chi connectivity index (χ4v) is 1.92. The standard InChI is InChI=1S/C14H15N2O3/c1-9(2)14(18)13-11-5-4-10(19-3)8-12(11)16(15-13)6-7-17/h4-5,8-9H,6H2,1-3H3. The first-order valence-electron chi connectivity index (χ1n) is 6.02. The average molecular weight is 259 g/mol. The summed E-state index contributed by atoms with van der Waals surface area (Å²) in [5.41, 5.74) is 1.09. The van der Waals surface area contributed by atoms with E-state index < -0.39 is 0 Å². The molecule has 0 aliphatic carbocycles. The van der Waals surface area contributed by atoms with Crippen LogP contribution in [0.4, 0.5) is 0 Å². The third-order valence-corrected chi connectivity index (χ3v) is 2.93. The van der Waals surface area contributed by atoms with E-state index in [1.54, 1.807) is 31.6 Å². The maximum atomic E-state index is 12.1. The lowest BCUT2D eigenvalue weighted by atomic mass is 10.0. The molecule has 0 bridgehead atoms. The Morgan fingerprint density at radius 1 is 1.47 bits per heavy atom. The van der Waals surface area contributed by atoms with Crippen LogP contribution < -0.4 is 4.74 Å². The van der Waals surface area contributed by atoms with E-state index in [0.29, 0.717) is 17.0 Å². The number of aromatic nitrogens is 2. The normalized spacial score (nSPS) is 10.9. The van der Waals surface area contributed by atoms with E-state index in [4.69, 9.17) is 4.74 Å². The summed E-state index contributed by atoms with van der Waals surface area (Å²) in [6.45, 7) is 3.64. The van der Waals surface area contributed by atoms with E-state index in [1.165, 1.54) is 4.68 Å². The summed E-state index contributed by atoms with van der Waals surface area (Å²) in [5, 5.41) is 4.96. The molecular formula is C14H15N2O3. The Balaban J connectivity index is 2.66. The number of benzene rings is 1. The van der Waals surface area contributed by atoms with Crippen LogP contribution in [0.15, 0.2) is 18.2 Å². The highest BCUT2D eigenvalue weighted by molar-refractivity contribution is 6.07. The fraction of sp³-hybridized carbons (Fsp3) is 0.357. The van der Waals surface area contributed by atoms with Gasteiger partial charge in [0, 0.05) is 17.4 Å². The van der Waals surface area contributed by atoms with E-state index in [1.807, 2.05) is 13.8 Å². The molecule has 1 aromatic carbocycles. The molecule has 2 aromatic rings. The second kappa shape index (κ2) is 5.22. The van der Waals surface area contributed by atoms with E-state index >= 15 is 0 Å². The maximum absolute atomic E-state index is 12.1. The number of carbonyl (C=O) groups excluding carboxylic acids is 2. The molecule has 0 saturated heterocycles. The van der Waals surface area contributed by atoms with Crippen LogP contribution in [0.3, 0.4) is 0 Å². The molecular weight excluding hydrogens is 244 g/mol. The van der Waals surface area contributed by atoms with Gasteiger partial charge in [0.05, 0.1) is 12.6 Å². The molecule has 0 N–H and O–H groups in total. The number of ether oxygens (including phenoxy) is 1. The highest BCUT2D eigenvalue weighted by atomic mass is 16.5. The Bertz CT molecular complexity index is 629. The van der Waals surface area contributed by atoms with Crippen molar-refractivity contribution in [2.24, 2.45) is 5.92 Å². The van der Waals surface area contributed by atoms with E-state index in [-0.39, 0.29) is 18.2 Å². The van der Waals surface area contributed by atoms with Crippen LogP contribution >= 0.6 is 0 Å². The van der Waals surface area contributed by atoms with Gasteiger partial charge in [-0.2, -0.15) is 5.10 Å². The second-order valence-corrected chi connectivity index (χ2v) is 4.55. The first-order chi connectivity index (χ1) is 9.08. The first-order valence-corrected chi connectivity index (χ1v) is 6.02. The zero-order valence-corrected chi connectivity index (χ0v) is 11.1. The lowest BCUT2D eigenvalue weighted by Gasteiger charge is -2.01. The molecule has 1 aromatic heterocycles. The highest BCUT2D eigenvalue weighted by Gasteiger charge is 2.19. The number of fused-ring (bicyclic) bond motifs is 1. The Morgan fingerprint density at radius 2 is 2.21 bits per heavy atom. The summed E-state index contributed by atoms with van der Waals surface area (Å²) in [4.78, 5) is 22.7. The van der Waals surface area contributed by atoms with Crippen molar-refractivity contribution in [3.05, 3.63) is 23.9 Å². The van der Waals surface area contributed by atoms with Gasteiger partial charge in [-0.15, -0.1) is 0 Å². The van der Waals surface area contributed by atoms with Gasteiger partial charge in [0.2, 0.25) is 6.29 Å².